The van der Waals surface area contributed by atoms with Crippen molar-refractivity contribution < 1.29 is 14.3 Å². The van der Waals surface area contributed by atoms with Crippen molar-refractivity contribution >= 4 is 23.6 Å². The van der Waals surface area contributed by atoms with Gasteiger partial charge in [0.25, 0.3) is 0 Å². The van der Waals surface area contributed by atoms with E-state index in [-0.39, 0.29) is 5.91 Å². The second-order valence-corrected chi connectivity index (χ2v) is 5.21. The van der Waals surface area contributed by atoms with Gasteiger partial charge in [0, 0.05) is 30.1 Å². The van der Waals surface area contributed by atoms with Gasteiger partial charge in [0.2, 0.25) is 5.91 Å². The minimum Gasteiger partial charge on any atom is -0.464 e. The summed E-state index contributed by atoms with van der Waals surface area (Å²) >= 11 is 0. The molecule has 120 valence electrons. The molecule has 5 heteroatoms. The first-order chi connectivity index (χ1) is 11.0. The van der Waals surface area contributed by atoms with Crippen LogP contribution in [0.4, 0.5) is 5.69 Å². The fraction of sp³-hybridized carbons (Fsp3) is 0.222. The molecule has 1 heterocycles. The Morgan fingerprint density at radius 1 is 1.17 bits per heavy atom. The summed E-state index contributed by atoms with van der Waals surface area (Å²) in [5.41, 5.74) is 3.74. The number of ether oxygens (including phenoxy) is 1. The molecule has 1 aromatic carbocycles. The highest BCUT2D eigenvalue weighted by atomic mass is 16.5. The summed E-state index contributed by atoms with van der Waals surface area (Å²) in [5, 5.41) is 2.77. The zero-order chi connectivity index (χ0) is 17.0. The summed E-state index contributed by atoms with van der Waals surface area (Å²) < 4.78 is 6.61. The van der Waals surface area contributed by atoms with Crippen LogP contribution < -0.4 is 5.32 Å². The van der Waals surface area contributed by atoms with Gasteiger partial charge >= 0.3 is 5.97 Å². The Labute approximate surface area is 135 Å². The zero-order valence-electron chi connectivity index (χ0n) is 13.7. The molecule has 23 heavy (non-hydrogen) atoms. The number of amides is 1. The SMILES string of the molecule is COC(=O)c1c(/C=C/C(=O)Nc2ccccc2)c(C)c(C)n1C. The lowest BCUT2D eigenvalue weighted by Crippen LogP contribution is -2.10. The van der Waals surface area contributed by atoms with Crippen LogP contribution in [0, 0.1) is 13.8 Å². The van der Waals surface area contributed by atoms with Gasteiger partial charge in [-0.2, -0.15) is 0 Å². The monoisotopic (exact) mass is 312 g/mol. The largest absolute Gasteiger partial charge is 0.464 e. The summed E-state index contributed by atoms with van der Waals surface area (Å²) in [6.07, 6.45) is 3.06. The zero-order valence-corrected chi connectivity index (χ0v) is 13.7. The van der Waals surface area contributed by atoms with Gasteiger partial charge in [0.1, 0.15) is 5.69 Å². The van der Waals surface area contributed by atoms with E-state index in [1.54, 1.807) is 17.7 Å². The van der Waals surface area contributed by atoms with Crippen LogP contribution in [0.2, 0.25) is 0 Å². The van der Waals surface area contributed by atoms with E-state index in [0.717, 1.165) is 16.9 Å². The van der Waals surface area contributed by atoms with E-state index in [1.807, 2.05) is 44.2 Å². The van der Waals surface area contributed by atoms with Crippen molar-refractivity contribution in [1.29, 1.82) is 0 Å². The smallest absolute Gasteiger partial charge is 0.355 e. The number of nitrogens with one attached hydrogen (secondary N) is 1. The van der Waals surface area contributed by atoms with E-state index >= 15 is 0 Å². The molecule has 0 saturated carbocycles. The van der Waals surface area contributed by atoms with Crippen LogP contribution in [0.25, 0.3) is 6.08 Å². The van der Waals surface area contributed by atoms with Crippen molar-refractivity contribution in [2.75, 3.05) is 12.4 Å². The summed E-state index contributed by atoms with van der Waals surface area (Å²) in [7, 11) is 3.14. The third-order valence-corrected chi connectivity index (χ3v) is 3.86. The lowest BCUT2D eigenvalue weighted by atomic mass is 10.1. The first-order valence-electron chi connectivity index (χ1n) is 7.24. The van der Waals surface area contributed by atoms with E-state index in [4.69, 9.17) is 4.74 Å². The van der Waals surface area contributed by atoms with Gasteiger partial charge in [0.15, 0.2) is 0 Å². The van der Waals surface area contributed by atoms with Crippen molar-refractivity contribution in [1.82, 2.24) is 4.57 Å². The van der Waals surface area contributed by atoms with Crippen LogP contribution in [-0.2, 0) is 16.6 Å². The van der Waals surface area contributed by atoms with E-state index in [0.29, 0.717) is 11.3 Å². The average Bonchev–Trinajstić information content (AvgIpc) is 2.77. The van der Waals surface area contributed by atoms with Crippen LogP contribution >= 0.6 is 0 Å². The minimum atomic E-state index is -0.424. The van der Waals surface area contributed by atoms with Crippen LogP contribution in [0.1, 0.15) is 27.3 Å². The van der Waals surface area contributed by atoms with Crippen molar-refractivity contribution in [2.45, 2.75) is 13.8 Å². The minimum absolute atomic E-state index is 0.257. The number of hydrogen-bond donors (Lipinski definition) is 1. The number of para-hydroxylation sites is 1. The number of hydrogen-bond acceptors (Lipinski definition) is 3. The third-order valence-electron chi connectivity index (χ3n) is 3.86. The quantitative estimate of drug-likeness (QED) is 0.697. The van der Waals surface area contributed by atoms with Crippen molar-refractivity contribution in [2.24, 2.45) is 7.05 Å². The molecule has 0 spiro atoms. The normalized spacial score (nSPS) is 10.8. The van der Waals surface area contributed by atoms with Crippen molar-refractivity contribution in [3.8, 4) is 0 Å². The summed E-state index contributed by atoms with van der Waals surface area (Å²) in [4.78, 5) is 24.0. The molecule has 0 unspecified atom stereocenters. The standard InChI is InChI=1S/C18H20N2O3/c1-12-13(2)20(3)17(18(22)23-4)15(12)10-11-16(21)19-14-8-6-5-7-9-14/h5-11H,1-4H3,(H,19,21)/b11-10+. The molecule has 5 nitrogen and oxygen atoms in total. The number of aromatic nitrogens is 1. The number of methoxy groups -OCH3 is 1. The van der Waals surface area contributed by atoms with E-state index in [9.17, 15) is 9.59 Å². The van der Waals surface area contributed by atoms with E-state index < -0.39 is 5.97 Å². The van der Waals surface area contributed by atoms with Crippen LogP contribution in [-0.4, -0.2) is 23.6 Å². The van der Waals surface area contributed by atoms with Gasteiger partial charge < -0.3 is 14.6 Å². The van der Waals surface area contributed by atoms with Gasteiger partial charge in [-0.05, 0) is 37.6 Å². The van der Waals surface area contributed by atoms with Crippen molar-refractivity contribution in [3.63, 3.8) is 0 Å². The van der Waals surface area contributed by atoms with Gasteiger partial charge in [-0.3, -0.25) is 4.79 Å². The molecule has 1 amide bonds. The average molecular weight is 312 g/mol. The van der Waals surface area contributed by atoms with Gasteiger partial charge in [-0.1, -0.05) is 18.2 Å². The number of rotatable bonds is 4. The molecule has 0 fully saturated rings. The Kier molecular flexibility index (Phi) is 5.01. The van der Waals surface area contributed by atoms with Crippen LogP contribution in [0.15, 0.2) is 36.4 Å². The molecular formula is C18H20N2O3. The first kappa shape index (κ1) is 16.5. The molecule has 2 aromatic rings. The van der Waals surface area contributed by atoms with E-state index in [1.165, 1.54) is 13.2 Å². The Hall–Kier alpha value is -2.82. The lowest BCUT2D eigenvalue weighted by molar-refractivity contribution is -0.111. The number of nitrogens with zero attached hydrogens (tertiary/aromatic N) is 1. The maximum atomic E-state index is 12.0. The lowest BCUT2D eigenvalue weighted by Gasteiger charge is -2.04. The third kappa shape index (κ3) is 3.51. The van der Waals surface area contributed by atoms with Crippen LogP contribution in [0.5, 0.6) is 0 Å². The Balaban J connectivity index is 2.27. The molecule has 0 bridgehead atoms. The Morgan fingerprint density at radius 2 is 1.83 bits per heavy atom. The molecule has 0 radical (unpaired) electrons. The Bertz CT molecular complexity index is 758. The highest BCUT2D eigenvalue weighted by Crippen LogP contribution is 2.23. The predicted molar refractivity (Wildman–Crippen MR) is 90.3 cm³/mol. The number of esters is 1. The molecule has 0 saturated heterocycles. The summed E-state index contributed by atoms with van der Waals surface area (Å²) in [5.74, 6) is -0.681. The van der Waals surface area contributed by atoms with Gasteiger partial charge in [-0.15, -0.1) is 0 Å². The number of carbonyl (C=O) groups is 2. The maximum Gasteiger partial charge on any atom is 0.355 e. The highest BCUT2D eigenvalue weighted by molar-refractivity contribution is 6.03. The summed E-state index contributed by atoms with van der Waals surface area (Å²) in [6.45, 7) is 3.83. The van der Waals surface area contributed by atoms with Gasteiger partial charge in [0.05, 0.1) is 7.11 Å². The fourth-order valence-electron chi connectivity index (χ4n) is 2.38. The molecule has 1 N–H and O–H groups in total. The van der Waals surface area contributed by atoms with Crippen molar-refractivity contribution in [3.05, 3.63) is 58.9 Å². The molecule has 0 aliphatic heterocycles. The molecule has 2 rings (SSSR count). The van der Waals surface area contributed by atoms with Gasteiger partial charge in [-0.25, -0.2) is 4.79 Å². The van der Waals surface area contributed by atoms with Crippen LogP contribution in [0.3, 0.4) is 0 Å². The first-order valence-corrected chi connectivity index (χ1v) is 7.24. The number of carbonyl (C=O) groups excluding carboxylic acids is 2. The molecule has 1 aromatic heterocycles. The molecule has 0 aliphatic carbocycles. The fourth-order valence-corrected chi connectivity index (χ4v) is 2.38. The topological polar surface area (TPSA) is 60.3 Å². The predicted octanol–water partition coefficient (Wildman–Crippen LogP) is 3.08. The molecule has 0 aliphatic rings. The second-order valence-electron chi connectivity index (χ2n) is 5.21. The maximum absolute atomic E-state index is 12.0. The highest BCUT2D eigenvalue weighted by Gasteiger charge is 2.20. The molecular weight excluding hydrogens is 292 g/mol. The number of anilines is 1. The van der Waals surface area contributed by atoms with E-state index in [2.05, 4.69) is 5.32 Å². The summed E-state index contributed by atoms with van der Waals surface area (Å²) in [6, 6.07) is 9.19. The Morgan fingerprint density at radius 3 is 2.43 bits per heavy atom. The number of benzene rings is 1. The second kappa shape index (κ2) is 6.96. The molecule has 0 atom stereocenters.